The molecule has 0 radical (unpaired) electrons. The molecular formula is C13H27NO2. The van der Waals surface area contributed by atoms with Gasteiger partial charge in [-0.1, -0.05) is 27.7 Å². The summed E-state index contributed by atoms with van der Waals surface area (Å²) in [6.07, 6.45) is 0.676. The molecule has 16 heavy (non-hydrogen) atoms. The van der Waals surface area contributed by atoms with Crippen LogP contribution in [0.2, 0.25) is 0 Å². The van der Waals surface area contributed by atoms with Crippen LogP contribution in [0.15, 0.2) is 0 Å². The Bertz CT molecular complexity index is 238. The molecular weight excluding hydrogens is 202 g/mol. The van der Waals surface area contributed by atoms with E-state index in [9.17, 15) is 9.90 Å². The fraction of sp³-hybridized carbons (Fsp3) is 0.923. The first kappa shape index (κ1) is 15.4. The second-order valence-corrected chi connectivity index (χ2v) is 5.77. The molecule has 0 saturated heterocycles. The van der Waals surface area contributed by atoms with Crippen molar-refractivity contribution in [2.75, 3.05) is 7.05 Å². The van der Waals surface area contributed by atoms with Gasteiger partial charge in [0, 0.05) is 6.04 Å². The predicted octanol–water partition coefficient (Wildman–Crippen LogP) is 2.85. The van der Waals surface area contributed by atoms with Crippen LogP contribution in [0.1, 0.15) is 48.0 Å². The zero-order valence-electron chi connectivity index (χ0n) is 11.7. The second-order valence-electron chi connectivity index (χ2n) is 5.77. The summed E-state index contributed by atoms with van der Waals surface area (Å²) < 4.78 is 0. The van der Waals surface area contributed by atoms with Crippen molar-refractivity contribution >= 4 is 5.97 Å². The average Bonchev–Trinajstić information content (AvgIpc) is 2.13. The molecule has 3 nitrogen and oxygen atoms in total. The van der Waals surface area contributed by atoms with Crippen LogP contribution in [-0.2, 0) is 4.79 Å². The molecule has 2 unspecified atom stereocenters. The molecule has 96 valence electrons. The molecule has 0 bridgehead atoms. The molecule has 2 atom stereocenters. The van der Waals surface area contributed by atoms with Crippen molar-refractivity contribution in [3.8, 4) is 0 Å². The summed E-state index contributed by atoms with van der Waals surface area (Å²) in [7, 11) is 1.92. The van der Waals surface area contributed by atoms with E-state index >= 15 is 0 Å². The molecule has 0 aliphatic rings. The van der Waals surface area contributed by atoms with Gasteiger partial charge in [-0.2, -0.15) is 0 Å². The summed E-state index contributed by atoms with van der Waals surface area (Å²) in [5.41, 5.74) is -0.766. The lowest BCUT2D eigenvalue weighted by molar-refractivity contribution is -0.152. The third-order valence-electron chi connectivity index (χ3n) is 3.62. The molecule has 0 aromatic carbocycles. The van der Waals surface area contributed by atoms with Gasteiger partial charge in [0.25, 0.3) is 0 Å². The van der Waals surface area contributed by atoms with Crippen LogP contribution in [0.4, 0.5) is 0 Å². The van der Waals surface area contributed by atoms with Crippen LogP contribution in [0, 0.1) is 11.8 Å². The number of hydrogen-bond donors (Lipinski definition) is 1. The average molecular weight is 229 g/mol. The van der Waals surface area contributed by atoms with E-state index < -0.39 is 11.5 Å². The Morgan fingerprint density at radius 1 is 1.25 bits per heavy atom. The van der Waals surface area contributed by atoms with Crippen molar-refractivity contribution in [2.45, 2.75) is 59.5 Å². The number of hydrogen-bond acceptors (Lipinski definition) is 2. The van der Waals surface area contributed by atoms with E-state index in [2.05, 4.69) is 34.6 Å². The van der Waals surface area contributed by atoms with E-state index in [-0.39, 0.29) is 6.04 Å². The van der Waals surface area contributed by atoms with Crippen LogP contribution < -0.4 is 0 Å². The Balaban J connectivity index is 4.97. The van der Waals surface area contributed by atoms with E-state index in [1.807, 2.05) is 18.9 Å². The maximum Gasteiger partial charge on any atom is 0.323 e. The monoisotopic (exact) mass is 229 g/mol. The number of likely N-dealkylation sites (N-methyl/N-ethyl adjacent to an activating group) is 1. The first-order valence-corrected chi connectivity index (χ1v) is 6.09. The van der Waals surface area contributed by atoms with Crippen LogP contribution in [0.5, 0.6) is 0 Å². The molecule has 0 spiro atoms. The van der Waals surface area contributed by atoms with Crippen LogP contribution in [0.3, 0.4) is 0 Å². The molecule has 0 heterocycles. The summed E-state index contributed by atoms with van der Waals surface area (Å²) in [5.74, 6) is 0.106. The molecule has 0 amide bonds. The van der Waals surface area contributed by atoms with E-state index in [1.54, 1.807) is 0 Å². The first-order valence-electron chi connectivity index (χ1n) is 6.09. The van der Waals surface area contributed by atoms with Crippen molar-refractivity contribution in [2.24, 2.45) is 11.8 Å². The van der Waals surface area contributed by atoms with Crippen molar-refractivity contribution in [3.63, 3.8) is 0 Å². The standard InChI is InChI=1S/C13H27NO2/c1-9(2)8-13(6,12(15)16)14(7)11(5)10(3)4/h9-11H,8H2,1-7H3,(H,15,16). The first-order chi connectivity index (χ1) is 7.12. The van der Waals surface area contributed by atoms with Crippen LogP contribution >= 0.6 is 0 Å². The Morgan fingerprint density at radius 3 is 1.94 bits per heavy atom. The number of carboxylic acids is 1. The van der Waals surface area contributed by atoms with Crippen LogP contribution in [0.25, 0.3) is 0 Å². The molecule has 0 aliphatic carbocycles. The van der Waals surface area contributed by atoms with Crippen molar-refractivity contribution in [1.82, 2.24) is 4.90 Å². The molecule has 0 saturated carbocycles. The molecule has 0 rings (SSSR count). The Kier molecular flexibility index (Phi) is 5.47. The van der Waals surface area contributed by atoms with E-state index in [0.29, 0.717) is 18.3 Å². The fourth-order valence-corrected chi connectivity index (χ4v) is 2.07. The zero-order chi connectivity index (χ0) is 13.1. The normalized spacial score (nSPS) is 17.9. The summed E-state index contributed by atoms with van der Waals surface area (Å²) in [4.78, 5) is 13.5. The highest BCUT2D eigenvalue weighted by Gasteiger charge is 2.40. The largest absolute Gasteiger partial charge is 0.480 e. The van der Waals surface area contributed by atoms with Gasteiger partial charge in [0.05, 0.1) is 0 Å². The summed E-state index contributed by atoms with van der Waals surface area (Å²) in [6, 6.07) is 0.264. The highest BCUT2D eigenvalue weighted by Crippen LogP contribution is 2.27. The minimum absolute atomic E-state index is 0.264. The second kappa shape index (κ2) is 5.67. The zero-order valence-corrected chi connectivity index (χ0v) is 11.7. The minimum Gasteiger partial charge on any atom is -0.480 e. The number of rotatable bonds is 6. The topological polar surface area (TPSA) is 40.5 Å². The Labute approximate surface area is 99.8 Å². The lowest BCUT2D eigenvalue weighted by atomic mass is 9.87. The van der Waals surface area contributed by atoms with Gasteiger partial charge in [-0.15, -0.1) is 0 Å². The lowest BCUT2D eigenvalue weighted by Crippen LogP contribution is -2.55. The van der Waals surface area contributed by atoms with Gasteiger partial charge in [0.15, 0.2) is 0 Å². The molecule has 0 fully saturated rings. The number of aliphatic carboxylic acids is 1. The quantitative estimate of drug-likeness (QED) is 0.761. The van der Waals surface area contributed by atoms with E-state index in [1.165, 1.54) is 0 Å². The Hall–Kier alpha value is -0.570. The maximum atomic E-state index is 11.5. The van der Waals surface area contributed by atoms with Crippen molar-refractivity contribution in [1.29, 1.82) is 0 Å². The van der Waals surface area contributed by atoms with Gasteiger partial charge < -0.3 is 5.11 Å². The van der Waals surface area contributed by atoms with Gasteiger partial charge in [-0.25, -0.2) is 0 Å². The summed E-state index contributed by atoms with van der Waals surface area (Å²) in [6.45, 7) is 12.3. The van der Waals surface area contributed by atoms with Crippen LogP contribution in [-0.4, -0.2) is 34.6 Å². The fourth-order valence-electron chi connectivity index (χ4n) is 2.07. The minimum atomic E-state index is -0.766. The summed E-state index contributed by atoms with van der Waals surface area (Å²) in [5, 5.41) is 9.44. The SMILES string of the molecule is CC(C)CC(C)(C(=O)O)N(C)C(C)C(C)C. The van der Waals surface area contributed by atoms with Gasteiger partial charge in [-0.3, -0.25) is 9.69 Å². The van der Waals surface area contributed by atoms with Gasteiger partial charge in [0.2, 0.25) is 0 Å². The third kappa shape index (κ3) is 3.48. The van der Waals surface area contributed by atoms with Crippen molar-refractivity contribution in [3.05, 3.63) is 0 Å². The molecule has 0 aliphatic heterocycles. The predicted molar refractivity (Wildman–Crippen MR) is 67.6 cm³/mol. The molecule has 0 aromatic rings. The highest BCUT2D eigenvalue weighted by molar-refractivity contribution is 5.78. The Morgan fingerprint density at radius 2 is 1.69 bits per heavy atom. The third-order valence-corrected chi connectivity index (χ3v) is 3.62. The van der Waals surface area contributed by atoms with Gasteiger partial charge in [0.1, 0.15) is 5.54 Å². The highest BCUT2D eigenvalue weighted by atomic mass is 16.4. The number of carbonyl (C=O) groups is 1. The number of nitrogens with zero attached hydrogens (tertiary/aromatic N) is 1. The maximum absolute atomic E-state index is 11.5. The molecule has 3 heteroatoms. The molecule has 0 aromatic heterocycles. The number of carboxylic acid groups (broad SMARTS) is 1. The van der Waals surface area contributed by atoms with Gasteiger partial charge in [-0.05, 0) is 39.2 Å². The molecule has 1 N–H and O–H groups in total. The van der Waals surface area contributed by atoms with E-state index in [4.69, 9.17) is 0 Å². The summed E-state index contributed by atoms with van der Waals surface area (Å²) >= 11 is 0. The van der Waals surface area contributed by atoms with Crippen molar-refractivity contribution < 1.29 is 9.90 Å². The van der Waals surface area contributed by atoms with E-state index in [0.717, 1.165) is 0 Å². The van der Waals surface area contributed by atoms with Gasteiger partial charge >= 0.3 is 5.97 Å². The smallest absolute Gasteiger partial charge is 0.323 e. The lowest BCUT2D eigenvalue weighted by Gasteiger charge is -2.41.